The zero-order valence-corrected chi connectivity index (χ0v) is 19.6. The number of aliphatic hydroxyl groups excluding tert-OH is 1. The van der Waals surface area contributed by atoms with Crippen molar-refractivity contribution in [2.45, 2.75) is 26.9 Å². The molecule has 10 heteroatoms. The molecule has 2 aromatic heterocycles. The Bertz CT molecular complexity index is 1300. The van der Waals surface area contributed by atoms with Crippen molar-refractivity contribution in [1.29, 1.82) is 0 Å². The summed E-state index contributed by atoms with van der Waals surface area (Å²) in [5.74, 6) is 2.46. The summed E-state index contributed by atoms with van der Waals surface area (Å²) in [4.78, 5) is 20.3. The molecule has 0 saturated heterocycles. The summed E-state index contributed by atoms with van der Waals surface area (Å²) in [7, 11) is 0. The van der Waals surface area contributed by atoms with E-state index in [1.807, 2.05) is 56.3 Å². The van der Waals surface area contributed by atoms with Crippen molar-refractivity contribution in [1.82, 2.24) is 20.4 Å². The number of rotatable bonds is 11. The molecule has 0 atom stereocenters. The van der Waals surface area contributed by atoms with Crippen LogP contribution in [0.4, 0.5) is 11.5 Å². The van der Waals surface area contributed by atoms with Gasteiger partial charge in [-0.25, -0.2) is 9.97 Å². The molecule has 10 nitrogen and oxygen atoms in total. The molecule has 2 heterocycles. The largest absolute Gasteiger partial charge is 0.491 e. The first-order valence-corrected chi connectivity index (χ1v) is 11.2. The summed E-state index contributed by atoms with van der Waals surface area (Å²) < 4.78 is 16.9. The quantitative estimate of drug-likeness (QED) is 0.278. The number of aryl methyl sites for hydroxylation is 2. The molecule has 0 aliphatic carbocycles. The molecule has 0 spiro atoms. The monoisotopic (exact) mass is 477 g/mol. The van der Waals surface area contributed by atoms with Crippen LogP contribution in [0, 0.1) is 13.8 Å². The number of aromatic nitrogens is 3. The van der Waals surface area contributed by atoms with Crippen molar-refractivity contribution in [3.8, 4) is 11.5 Å². The van der Waals surface area contributed by atoms with E-state index in [2.05, 4.69) is 25.8 Å². The number of nitrogens with one attached hydrogen (secondary N) is 2. The van der Waals surface area contributed by atoms with Gasteiger partial charge in [-0.15, -0.1) is 0 Å². The minimum Gasteiger partial charge on any atom is -0.491 e. The smallest absolute Gasteiger partial charge is 0.222 e. The van der Waals surface area contributed by atoms with Crippen LogP contribution in [0.3, 0.4) is 0 Å². The molecule has 2 aromatic carbocycles. The first-order valence-electron chi connectivity index (χ1n) is 11.2. The van der Waals surface area contributed by atoms with E-state index in [1.54, 1.807) is 0 Å². The third-order valence-corrected chi connectivity index (χ3v) is 5.14. The van der Waals surface area contributed by atoms with Gasteiger partial charge in [0, 0.05) is 18.2 Å². The number of ether oxygens (including phenoxy) is 2. The van der Waals surface area contributed by atoms with Gasteiger partial charge in [-0.1, -0.05) is 11.2 Å². The molecule has 4 aromatic rings. The second-order valence-corrected chi connectivity index (χ2v) is 7.87. The second kappa shape index (κ2) is 11.3. The molecule has 4 rings (SSSR count). The SMILES string of the molecule is Cc1cc(COc2ccc(Nc3ncnc4cccc(OCCNC(=O)CCO)c34)cc2C)no1. The van der Waals surface area contributed by atoms with E-state index in [-0.39, 0.29) is 25.5 Å². The van der Waals surface area contributed by atoms with Crippen molar-refractivity contribution < 1.29 is 23.9 Å². The van der Waals surface area contributed by atoms with Crippen molar-refractivity contribution in [2.24, 2.45) is 0 Å². The summed E-state index contributed by atoms with van der Waals surface area (Å²) >= 11 is 0. The molecular weight excluding hydrogens is 450 g/mol. The fourth-order valence-electron chi connectivity index (χ4n) is 3.50. The Morgan fingerprint density at radius 3 is 2.74 bits per heavy atom. The highest BCUT2D eigenvalue weighted by Gasteiger charge is 2.12. The van der Waals surface area contributed by atoms with Gasteiger partial charge in [0.05, 0.1) is 24.1 Å². The predicted octanol–water partition coefficient (Wildman–Crippen LogP) is 3.43. The lowest BCUT2D eigenvalue weighted by Gasteiger charge is -2.14. The fraction of sp³-hybridized carbons (Fsp3) is 0.280. The molecule has 0 unspecified atom stereocenters. The maximum Gasteiger partial charge on any atom is 0.222 e. The number of hydrogen-bond donors (Lipinski definition) is 3. The highest BCUT2D eigenvalue weighted by Crippen LogP contribution is 2.32. The first-order chi connectivity index (χ1) is 17.0. The van der Waals surface area contributed by atoms with E-state index in [9.17, 15) is 4.79 Å². The minimum absolute atomic E-state index is 0.0688. The number of amides is 1. The molecule has 1 amide bonds. The maximum absolute atomic E-state index is 11.5. The van der Waals surface area contributed by atoms with Gasteiger partial charge in [0.1, 0.15) is 48.3 Å². The van der Waals surface area contributed by atoms with Crippen molar-refractivity contribution >= 4 is 28.3 Å². The summed E-state index contributed by atoms with van der Waals surface area (Å²) in [5, 5.41) is 19.5. The van der Waals surface area contributed by atoms with E-state index < -0.39 is 0 Å². The van der Waals surface area contributed by atoms with Gasteiger partial charge >= 0.3 is 0 Å². The van der Waals surface area contributed by atoms with Gasteiger partial charge in [-0.05, 0) is 49.7 Å². The van der Waals surface area contributed by atoms with Crippen molar-refractivity contribution in [3.05, 3.63) is 65.8 Å². The van der Waals surface area contributed by atoms with Crippen LogP contribution < -0.4 is 20.1 Å². The van der Waals surface area contributed by atoms with E-state index in [4.69, 9.17) is 19.1 Å². The summed E-state index contributed by atoms with van der Waals surface area (Å²) in [6, 6.07) is 13.2. The third kappa shape index (κ3) is 6.24. The van der Waals surface area contributed by atoms with E-state index in [1.165, 1.54) is 6.33 Å². The lowest BCUT2D eigenvalue weighted by Crippen LogP contribution is -2.28. The average molecular weight is 478 g/mol. The number of aliphatic hydroxyl groups is 1. The van der Waals surface area contributed by atoms with Gasteiger partial charge in [-0.2, -0.15) is 0 Å². The van der Waals surface area contributed by atoms with Crippen LogP contribution >= 0.6 is 0 Å². The van der Waals surface area contributed by atoms with Crippen LogP contribution in [0.1, 0.15) is 23.4 Å². The number of carbonyl (C=O) groups is 1. The maximum atomic E-state index is 11.5. The zero-order chi connectivity index (χ0) is 24.6. The molecule has 0 bridgehead atoms. The minimum atomic E-state index is -0.223. The Morgan fingerprint density at radius 2 is 1.97 bits per heavy atom. The predicted molar refractivity (Wildman–Crippen MR) is 130 cm³/mol. The van der Waals surface area contributed by atoms with Gasteiger partial charge in [0.2, 0.25) is 5.91 Å². The number of nitrogens with zero attached hydrogens (tertiary/aromatic N) is 3. The number of fused-ring (bicyclic) bond motifs is 1. The van der Waals surface area contributed by atoms with Gasteiger partial charge in [0.25, 0.3) is 0 Å². The van der Waals surface area contributed by atoms with Crippen LogP contribution in [0.2, 0.25) is 0 Å². The van der Waals surface area contributed by atoms with Gasteiger partial charge in [0.15, 0.2) is 0 Å². The van der Waals surface area contributed by atoms with Gasteiger partial charge in [-0.3, -0.25) is 4.79 Å². The molecule has 0 aliphatic rings. The Labute approximate surface area is 202 Å². The topological polar surface area (TPSA) is 132 Å². The van der Waals surface area contributed by atoms with Crippen molar-refractivity contribution in [2.75, 3.05) is 25.1 Å². The van der Waals surface area contributed by atoms with Crippen molar-refractivity contribution in [3.63, 3.8) is 0 Å². The second-order valence-electron chi connectivity index (χ2n) is 7.87. The molecule has 0 fully saturated rings. The lowest BCUT2D eigenvalue weighted by molar-refractivity contribution is -0.121. The number of carbonyl (C=O) groups excluding carboxylic acids is 1. The summed E-state index contributed by atoms with van der Waals surface area (Å²) in [6.45, 7) is 4.53. The molecular formula is C25H27N5O5. The number of benzene rings is 2. The number of anilines is 2. The summed E-state index contributed by atoms with van der Waals surface area (Å²) in [5.41, 5.74) is 3.24. The first kappa shape index (κ1) is 24.0. The molecule has 0 aliphatic heterocycles. The van der Waals surface area contributed by atoms with Gasteiger partial charge < -0.3 is 29.7 Å². The molecule has 3 N–H and O–H groups in total. The Kier molecular flexibility index (Phi) is 7.74. The van der Waals surface area contributed by atoms with E-state index in [0.717, 1.165) is 39.4 Å². The van der Waals surface area contributed by atoms with Crippen LogP contribution in [0.5, 0.6) is 11.5 Å². The van der Waals surface area contributed by atoms with Crippen LogP contribution in [-0.2, 0) is 11.4 Å². The highest BCUT2D eigenvalue weighted by atomic mass is 16.5. The molecule has 0 radical (unpaired) electrons. The van der Waals surface area contributed by atoms with Crippen LogP contribution in [-0.4, -0.2) is 45.9 Å². The highest BCUT2D eigenvalue weighted by molar-refractivity contribution is 5.95. The molecule has 0 saturated carbocycles. The average Bonchev–Trinajstić information content (AvgIpc) is 3.26. The number of hydrogen-bond acceptors (Lipinski definition) is 9. The Hall–Kier alpha value is -4.18. The lowest BCUT2D eigenvalue weighted by atomic mass is 10.1. The molecule has 35 heavy (non-hydrogen) atoms. The molecule has 182 valence electrons. The standard InChI is InChI=1S/C25H27N5O5/c1-16-12-18(6-7-21(16)34-14-19-13-17(2)35-30-19)29-25-24-20(27-15-28-25)4-3-5-22(24)33-11-9-26-23(32)8-10-31/h3-7,12-13,15,31H,8-11,14H2,1-2H3,(H,26,32)(H,27,28,29). The fourth-order valence-corrected chi connectivity index (χ4v) is 3.50. The van der Waals surface area contributed by atoms with Crippen LogP contribution in [0.25, 0.3) is 10.9 Å². The third-order valence-electron chi connectivity index (χ3n) is 5.14. The zero-order valence-electron chi connectivity index (χ0n) is 19.6. The summed E-state index contributed by atoms with van der Waals surface area (Å²) in [6.07, 6.45) is 1.56. The Morgan fingerprint density at radius 1 is 1.09 bits per heavy atom. The van der Waals surface area contributed by atoms with E-state index in [0.29, 0.717) is 24.7 Å². The normalized spacial score (nSPS) is 10.8. The van der Waals surface area contributed by atoms with Crippen LogP contribution in [0.15, 0.2) is 53.3 Å². The Balaban J connectivity index is 1.46. The van der Waals surface area contributed by atoms with E-state index >= 15 is 0 Å².